The third kappa shape index (κ3) is 2.79. The van der Waals surface area contributed by atoms with Crippen LogP contribution in [0.3, 0.4) is 0 Å². The lowest BCUT2D eigenvalue weighted by atomic mass is 10.2. The lowest BCUT2D eigenvalue weighted by molar-refractivity contribution is -0.122. The number of carbonyl (C=O) groups excluding carboxylic acids is 1. The predicted octanol–water partition coefficient (Wildman–Crippen LogP) is 2.54. The molecule has 0 atom stereocenters. The number of benzene rings is 1. The topological polar surface area (TPSA) is 41.6 Å². The van der Waals surface area contributed by atoms with E-state index in [-0.39, 0.29) is 5.91 Å². The largest absolute Gasteiger partial charge is 0.496 e. The molecule has 1 saturated heterocycles. The molecule has 0 unspecified atom stereocenters. The van der Waals surface area contributed by atoms with Crippen molar-refractivity contribution in [3.05, 3.63) is 33.9 Å². The number of nitrogens with zero attached hydrogens (tertiary/aromatic N) is 1. The molecule has 0 spiro atoms. The van der Waals surface area contributed by atoms with Crippen LogP contribution >= 0.6 is 28.1 Å². The van der Waals surface area contributed by atoms with Crippen LogP contribution in [-0.2, 0) is 4.79 Å². The third-order valence-electron chi connectivity index (χ3n) is 2.77. The zero-order valence-corrected chi connectivity index (χ0v) is 13.0. The van der Waals surface area contributed by atoms with E-state index in [0.29, 0.717) is 17.4 Å². The van der Waals surface area contributed by atoms with E-state index in [0.717, 1.165) is 15.8 Å². The summed E-state index contributed by atoms with van der Waals surface area (Å²) < 4.78 is 6.00. The summed E-state index contributed by atoms with van der Waals surface area (Å²) in [6, 6.07) is 5.60. The molecule has 0 radical (unpaired) electrons. The van der Waals surface area contributed by atoms with Gasteiger partial charge in [-0.15, -0.1) is 0 Å². The van der Waals surface area contributed by atoms with Gasteiger partial charge in [0.2, 0.25) is 0 Å². The van der Waals surface area contributed by atoms with Gasteiger partial charge in [0.1, 0.15) is 11.4 Å². The van der Waals surface area contributed by atoms with E-state index < -0.39 is 0 Å². The first-order chi connectivity index (χ1) is 9.06. The van der Waals surface area contributed by atoms with Crippen molar-refractivity contribution < 1.29 is 9.53 Å². The molecule has 0 aliphatic carbocycles. The number of amides is 1. The number of methoxy groups -OCH3 is 1. The number of carbonyl (C=O) groups is 1. The van der Waals surface area contributed by atoms with Crippen molar-refractivity contribution >= 4 is 45.2 Å². The van der Waals surface area contributed by atoms with Gasteiger partial charge in [0.25, 0.3) is 5.91 Å². The smallest absolute Gasteiger partial charge is 0.276 e. The minimum atomic E-state index is -0.0977. The van der Waals surface area contributed by atoms with Gasteiger partial charge in [0, 0.05) is 6.54 Å². The van der Waals surface area contributed by atoms with Crippen LogP contribution in [-0.4, -0.2) is 29.6 Å². The van der Waals surface area contributed by atoms with Gasteiger partial charge in [-0.1, -0.05) is 6.07 Å². The molecule has 2 rings (SSSR count). The second kappa shape index (κ2) is 5.71. The fourth-order valence-corrected chi connectivity index (χ4v) is 2.68. The molecule has 100 valence electrons. The Morgan fingerprint density at radius 2 is 2.26 bits per heavy atom. The third-order valence-corrected chi connectivity index (χ3v) is 3.71. The van der Waals surface area contributed by atoms with Crippen molar-refractivity contribution in [1.29, 1.82) is 0 Å². The normalized spacial score (nSPS) is 17.0. The minimum Gasteiger partial charge on any atom is -0.496 e. The number of hydrogen-bond acceptors (Lipinski definition) is 3. The van der Waals surface area contributed by atoms with Gasteiger partial charge < -0.3 is 10.1 Å². The minimum absolute atomic E-state index is 0.0977. The van der Waals surface area contributed by atoms with Crippen LogP contribution in [0.1, 0.15) is 12.5 Å². The van der Waals surface area contributed by atoms with Crippen LogP contribution in [0.5, 0.6) is 5.75 Å². The maximum atomic E-state index is 12.0. The summed E-state index contributed by atoms with van der Waals surface area (Å²) in [5.41, 5.74) is 1.38. The molecule has 1 aromatic rings. The summed E-state index contributed by atoms with van der Waals surface area (Å²) >= 11 is 8.51. The molecule has 6 heteroatoms. The molecule has 0 saturated carbocycles. The number of rotatable bonds is 3. The Morgan fingerprint density at radius 1 is 1.53 bits per heavy atom. The molecule has 1 fully saturated rings. The molecule has 1 aromatic carbocycles. The molecular formula is C13H13BrN2O2S. The van der Waals surface area contributed by atoms with Gasteiger partial charge >= 0.3 is 0 Å². The van der Waals surface area contributed by atoms with E-state index in [4.69, 9.17) is 17.0 Å². The van der Waals surface area contributed by atoms with Gasteiger partial charge in [-0.25, -0.2) is 0 Å². The number of halogens is 1. The SMILES string of the molecule is CCN1C(=O)/C(=C/c2ccc(OC)c(Br)c2)NC1=S. The number of thiocarbonyl (C=S) groups is 1. The fourth-order valence-electron chi connectivity index (χ4n) is 1.80. The van der Waals surface area contributed by atoms with E-state index in [9.17, 15) is 4.79 Å². The lowest BCUT2D eigenvalue weighted by Crippen LogP contribution is -2.30. The highest BCUT2D eigenvalue weighted by Gasteiger charge is 2.28. The van der Waals surface area contributed by atoms with Gasteiger partial charge in [-0.2, -0.15) is 0 Å². The Labute approximate surface area is 125 Å². The van der Waals surface area contributed by atoms with Crippen molar-refractivity contribution in [2.24, 2.45) is 0 Å². The Morgan fingerprint density at radius 3 is 2.79 bits per heavy atom. The van der Waals surface area contributed by atoms with E-state index >= 15 is 0 Å². The van der Waals surface area contributed by atoms with Crippen molar-refractivity contribution in [3.63, 3.8) is 0 Å². The zero-order chi connectivity index (χ0) is 14.0. The van der Waals surface area contributed by atoms with Gasteiger partial charge in [0.15, 0.2) is 5.11 Å². The first-order valence-electron chi connectivity index (χ1n) is 5.75. The predicted molar refractivity (Wildman–Crippen MR) is 81.8 cm³/mol. The first-order valence-corrected chi connectivity index (χ1v) is 6.95. The first kappa shape index (κ1) is 14.0. The summed E-state index contributed by atoms with van der Waals surface area (Å²) in [4.78, 5) is 13.6. The van der Waals surface area contributed by atoms with Crippen LogP contribution in [0.25, 0.3) is 6.08 Å². The number of ether oxygens (including phenoxy) is 1. The van der Waals surface area contributed by atoms with Crippen LogP contribution in [0.2, 0.25) is 0 Å². The molecule has 1 aliphatic rings. The molecule has 1 heterocycles. The fraction of sp³-hybridized carbons (Fsp3) is 0.231. The maximum absolute atomic E-state index is 12.0. The maximum Gasteiger partial charge on any atom is 0.276 e. The van der Waals surface area contributed by atoms with Crippen molar-refractivity contribution in [2.45, 2.75) is 6.92 Å². The van der Waals surface area contributed by atoms with Crippen LogP contribution in [0, 0.1) is 0 Å². The van der Waals surface area contributed by atoms with Crippen LogP contribution < -0.4 is 10.1 Å². The van der Waals surface area contributed by atoms with E-state index in [1.165, 1.54) is 4.90 Å². The molecule has 0 bridgehead atoms. The summed E-state index contributed by atoms with van der Waals surface area (Å²) in [6.07, 6.45) is 1.77. The van der Waals surface area contributed by atoms with Crippen LogP contribution in [0.4, 0.5) is 0 Å². The van der Waals surface area contributed by atoms with Crippen LogP contribution in [0.15, 0.2) is 28.4 Å². The highest BCUT2D eigenvalue weighted by Crippen LogP contribution is 2.26. The molecule has 1 aliphatic heterocycles. The van der Waals surface area contributed by atoms with E-state index in [1.807, 2.05) is 25.1 Å². The van der Waals surface area contributed by atoms with E-state index in [1.54, 1.807) is 13.2 Å². The molecule has 1 N–H and O–H groups in total. The Bertz CT molecular complexity index is 572. The number of nitrogens with one attached hydrogen (secondary N) is 1. The quantitative estimate of drug-likeness (QED) is 0.678. The summed E-state index contributed by atoms with van der Waals surface area (Å²) in [7, 11) is 1.61. The van der Waals surface area contributed by atoms with E-state index in [2.05, 4.69) is 21.2 Å². The van der Waals surface area contributed by atoms with Crippen molar-refractivity contribution in [1.82, 2.24) is 10.2 Å². The van der Waals surface area contributed by atoms with Gasteiger partial charge in [0.05, 0.1) is 11.6 Å². The molecule has 0 aromatic heterocycles. The number of likely N-dealkylation sites (N-methyl/N-ethyl adjacent to an activating group) is 1. The average Bonchev–Trinajstić information content (AvgIpc) is 2.64. The Balaban J connectivity index is 2.30. The molecule has 19 heavy (non-hydrogen) atoms. The lowest BCUT2D eigenvalue weighted by Gasteiger charge is -2.08. The average molecular weight is 341 g/mol. The van der Waals surface area contributed by atoms with Crippen molar-refractivity contribution in [2.75, 3.05) is 13.7 Å². The zero-order valence-electron chi connectivity index (χ0n) is 10.6. The summed E-state index contributed by atoms with van der Waals surface area (Å²) in [6.45, 7) is 2.45. The van der Waals surface area contributed by atoms with Crippen molar-refractivity contribution in [3.8, 4) is 5.75 Å². The highest BCUT2D eigenvalue weighted by molar-refractivity contribution is 9.10. The summed E-state index contributed by atoms with van der Waals surface area (Å²) in [5.74, 6) is 0.651. The highest BCUT2D eigenvalue weighted by atomic mass is 79.9. The van der Waals surface area contributed by atoms with Gasteiger partial charge in [-0.3, -0.25) is 9.69 Å². The second-order valence-corrected chi connectivity index (χ2v) is 5.17. The molecule has 1 amide bonds. The Hall–Kier alpha value is -1.40. The Kier molecular flexibility index (Phi) is 4.21. The second-order valence-electron chi connectivity index (χ2n) is 3.93. The molecule has 4 nitrogen and oxygen atoms in total. The monoisotopic (exact) mass is 340 g/mol. The standard InChI is InChI=1S/C13H13BrN2O2S/c1-3-16-12(17)10(15-13(16)19)7-8-4-5-11(18-2)9(14)6-8/h4-7H,3H2,1-2H3,(H,15,19)/b10-7-. The number of hydrogen-bond donors (Lipinski definition) is 1. The summed E-state index contributed by atoms with van der Waals surface area (Å²) in [5, 5.41) is 3.37. The van der Waals surface area contributed by atoms with Gasteiger partial charge in [-0.05, 0) is 58.8 Å². The molecular weight excluding hydrogens is 328 g/mol.